The Balaban J connectivity index is 1.38. The first-order valence-electron chi connectivity index (χ1n) is 11.8. The van der Waals surface area contributed by atoms with Gasteiger partial charge in [0.15, 0.2) is 5.78 Å². The number of nitrogens with one attached hydrogen (secondary N) is 2. The highest BCUT2D eigenvalue weighted by Gasteiger charge is 2.55. The topological polar surface area (TPSA) is 89.4 Å². The van der Waals surface area contributed by atoms with E-state index in [1.165, 1.54) is 4.57 Å². The third-order valence-electron chi connectivity index (χ3n) is 6.92. The molecule has 2 heterocycles. The summed E-state index contributed by atoms with van der Waals surface area (Å²) < 4.78 is 7.03. The molecule has 2 aliphatic rings. The van der Waals surface area contributed by atoms with Gasteiger partial charge in [-0.1, -0.05) is 59.6 Å². The van der Waals surface area contributed by atoms with E-state index >= 15 is 0 Å². The van der Waals surface area contributed by atoms with Crippen molar-refractivity contribution in [3.63, 3.8) is 0 Å². The predicted molar refractivity (Wildman–Crippen MR) is 137 cm³/mol. The fourth-order valence-electron chi connectivity index (χ4n) is 5.00. The lowest BCUT2D eigenvalue weighted by Crippen LogP contribution is -2.61. The highest BCUT2D eigenvalue weighted by atomic mass is 35.5. The second-order valence-corrected chi connectivity index (χ2v) is 10.0. The Kier molecular flexibility index (Phi) is 6.88. The number of Topliss-reactive ketones (excluding diaryl/α,β-unsaturated/α-hetero) is 1. The van der Waals surface area contributed by atoms with Crippen LogP contribution in [0.5, 0.6) is 0 Å². The Hall–Kier alpha value is -3.13. The van der Waals surface area contributed by atoms with Crippen LogP contribution in [0.2, 0.25) is 10.0 Å². The molecule has 3 atom stereocenters. The summed E-state index contributed by atoms with van der Waals surface area (Å²) in [5.41, 5.74) is 1.53. The van der Waals surface area contributed by atoms with Crippen molar-refractivity contribution in [1.29, 1.82) is 0 Å². The van der Waals surface area contributed by atoms with Gasteiger partial charge in [-0.25, -0.2) is 4.79 Å². The molecule has 1 aliphatic heterocycles. The monoisotopic (exact) mass is 525 g/mol. The minimum Gasteiger partial charge on any atom is -0.367 e. The van der Waals surface area contributed by atoms with Crippen LogP contribution in [0, 0.1) is 0 Å². The van der Waals surface area contributed by atoms with E-state index in [0.29, 0.717) is 22.9 Å². The van der Waals surface area contributed by atoms with Crippen molar-refractivity contribution in [2.24, 2.45) is 0 Å². The Bertz CT molecular complexity index is 1310. The summed E-state index contributed by atoms with van der Waals surface area (Å²) in [6.45, 7) is -0.0135. The van der Waals surface area contributed by atoms with Gasteiger partial charge in [-0.3, -0.25) is 14.2 Å². The molecule has 0 bridgehead atoms. The number of ketones is 1. The van der Waals surface area contributed by atoms with Gasteiger partial charge in [-0.2, -0.15) is 0 Å². The van der Waals surface area contributed by atoms with Gasteiger partial charge in [-0.15, -0.1) is 0 Å². The largest absolute Gasteiger partial charge is 0.367 e. The zero-order valence-corrected chi connectivity index (χ0v) is 20.9. The van der Waals surface area contributed by atoms with Crippen LogP contribution in [0.4, 0.5) is 4.79 Å². The van der Waals surface area contributed by atoms with Crippen LogP contribution < -0.4 is 10.6 Å². The Morgan fingerprint density at radius 1 is 1.08 bits per heavy atom. The molecule has 0 radical (unpaired) electrons. The van der Waals surface area contributed by atoms with Crippen molar-refractivity contribution in [3.05, 3.63) is 82.6 Å². The standard InChI is InChI=1S/C27H25Cl2N3O4/c28-20-9-8-17(13-21(20)29)14-22(25(34)31-27-11-4-7-24(27)36-16-23(27)33)30-26(35)32-12-10-19(15-32)18-5-2-1-3-6-18/h1-3,5-6,8-10,12-13,15,22,24H,4,7,11,14,16H2,(H,30,35)(H,31,34). The van der Waals surface area contributed by atoms with Gasteiger partial charge in [0.2, 0.25) is 5.91 Å². The van der Waals surface area contributed by atoms with Crippen LogP contribution in [-0.4, -0.2) is 46.6 Å². The first-order valence-corrected chi connectivity index (χ1v) is 12.6. The molecule has 2 aromatic carbocycles. The number of benzene rings is 2. The normalized spacial score (nSPS) is 21.7. The molecule has 3 unspecified atom stereocenters. The van der Waals surface area contributed by atoms with Crippen LogP contribution >= 0.6 is 23.2 Å². The summed E-state index contributed by atoms with van der Waals surface area (Å²) in [4.78, 5) is 39.4. The predicted octanol–water partition coefficient (Wildman–Crippen LogP) is 4.64. The molecule has 1 saturated carbocycles. The SMILES string of the molecule is O=C(NC12CCCC1OCC2=O)C(Cc1ccc(Cl)c(Cl)c1)NC(=O)n1ccc(-c2ccccc2)c1. The first-order chi connectivity index (χ1) is 17.4. The van der Waals surface area contributed by atoms with E-state index < -0.39 is 23.5 Å². The fourth-order valence-corrected chi connectivity index (χ4v) is 5.32. The summed E-state index contributed by atoms with van der Waals surface area (Å²) >= 11 is 12.2. The smallest absolute Gasteiger partial charge is 0.326 e. The van der Waals surface area contributed by atoms with Crippen LogP contribution in [0.25, 0.3) is 11.1 Å². The molecule has 2 amide bonds. The summed E-state index contributed by atoms with van der Waals surface area (Å²) in [5, 5.41) is 6.52. The molecule has 3 aromatic rings. The average molecular weight is 526 g/mol. The summed E-state index contributed by atoms with van der Waals surface area (Å²) in [5.74, 6) is -0.577. The lowest BCUT2D eigenvalue weighted by atomic mass is 9.91. The highest BCUT2D eigenvalue weighted by molar-refractivity contribution is 6.42. The van der Waals surface area contributed by atoms with Crippen LogP contribution in [0.1, 0.15) is 24.8 Å². The number of carbonyl (C=O) groups is 3. The van der Waals surface area contributed by atoms with E-state index in [2.05, 4.69) is 10.6 Å². The number of ether oxygens (including phenoxy) is 1. The number of carbonyl (C=O) groups excluding carboxylic acids is 3. The minimum absolute atomic E-state index is 0.0135. The Morgan fingerprint density at radius 2 is 1.89 bits per heavy atom. The van der Waals surface area contributed by atoms with E-state index in [4.69, 9.17) is 27.9 Å². The Labute approximate surface area is 218 Å². The van der Waals surface area contributed by atoms with Crippen molar-refractivity contribution >= 4 is 40.9 Å². The molecule has 36 heavy (non-hydrogen) atoms. The van der Waals surface area contributed by atoms with Gasteiger partial charge < -0.3 is 15.4 Å². The molecule has 2 N–H and O–H groups in total. The molecular weight excluding hydrogens is 501 g/mol. The number of nitrogens with zero attached hydrogens (tertiary/aromatic N) is 1. The maximum absolute atomic E-state index is 13.5. The number of fused-ring (bicyclic) bond motifs is 1. The molecule has 0 spiro atoms. The number of halogens is 2. The number of aromatic nitrogens is 1. The highest BCUT2D eigenvalue weighted by Crippen LogP contribution is 2.38. The molecule has 2 fully saturated rings. The minimum atomic E-state index is -1.04. The molecule has 7 nitrogen and oxygen atoms in total. The maximum atomic E-state index is 13.5. The van der Waals surface area contributed by atoms with Gasteiger partial charge in [0.25, 0.3) is 0 Å². The van der Waals surface area contributed by atoms with Gasteiger partial charge in [0.05, 0.1) is 16.1 Å². The van der Waals surface area contributed by atoms with Gasteiger partial charge in [0, 0.05) is 18.8 Å². The first kappa shape index (κ1) is 24.6. The zero-order valence-electron chi connectivity index (χ0n) is 19.4. The lowest BCUT2D eigenvalue weighted by molar-refractivity contribution is -0.130. The molecule has 1 aromatic heterocycles. The summed E-state index contributed by atoms with van der Waals surface area (Å²) in [6, 6.07) is 15.2. The van der Waals surface area contributed by atoms with Crippen molar-refractivity contribution < 1.29 is 19.1 Å². The van der Waals surface area contributed by atoms with E-state index in [9.17, 15) is 14.4 Å². The number of hydrogen-bond acceptors (Lipinski definition) is 4. The maximum Gasteiger partial charge on any atom is 0.326 e. The van der Waals surface area contributed by atoms with E-state index in [-0.39, 0.29) is 24.9 Å². The molecule has 1 saturated heterocycles. The summed E-state index contributed by atoms with van der Waals surface area (Å²) in [7, 11) is 0. The molecule has 9 heteroatoms. The third-order valence-corrected chi connectivity index (χ3v) is 7.66. The molecule has 1 aliphatic carbocycles. The van der Waals surface area contributed by atoms with Gasteiger partial charge in [0.1, 0.15) is 18.2 Å². The van der Waals surface area contributed by atoms with E-state index in [1.54, 1.807) is 30.6 Å². The van der Waals surface area contributed by atoms with Crippen molar-refractivity contribution in [3.8, 4) is 11.1 Å². The number of rotatable bonds is 6. The molecular formula is C27H25Cl2N3O4. The number of amides is 2. The second-order valence-electron chi connectivity index (χ2n) is 9.20. The quantitative estimate of drug-likeness (QED) is 0.490. The second kappa shape index (κ2) is 10.1. The van der Waals surface area contributed by atoms with Crippen molar-refractivity contribution in [1.82, 2.24) is 15.2 Å². The summed E-state index contributed by atoms with van der Waals surface area (Å²) in [6.07, 6.45) is 5.19. The molecule has 186 valence electrons. The number of hydrogen-bond donors (Lipinski definition) is 2. The van der Waals surface area contributed by atoms with Crippen LogP contribution in [-0.2, 0) is 20.7 Å². The van der Waals surface area contributed by atoms with Crippen LogP contribution in [0.15, 0.2) is 67.0 Å². The average Bonchev–Trinajstić information content (AvgIpc) is 3.59. The van der Waals surface area contributed by atoms with Crippen LogP contribution in [0.3, 0.4) is 0 Å². The lowest BCUT2D eigenvalue weighted by Gasteiger charge is -2.30. The van der Waals surface area contributed by atoms with E-state index in [1.807, 2.05) is 36.4 Å². The Morgan fingerprint density at radius 3 is 2.67 bits per heavy atom. The zero-order chi connectivity index (χ0) is 25.3. The van der Waals surface area contributed by atoms with Gasteiger partial charge >= 0.3 is 6.03 Å². The fraction of sp³-hybridized carbons (Fsp3) is 0.296. The third kappa shape index (κ3) is 4.78. The molecule has 5 rings (SSSR count). The van der Waals surface area contributed by atoms with Crippen molar-refractivity contribution in [2.45, 2.75) is 43.4 Å². The van der Waals surface area contributed by atoms with Gasteiger partial charge in [-0.05, 0) is 54.2 Å². The van der Waals surface area contributed by atoms with Crippen molar-refractivity contribution in [2.75, 3.05) is 6.61 Å². The van der Waals surface area contributed by atoms with E-state index in [0.717, 1.165) is 23.1 Å².